The van der Waals surface area contributed by atoms with Crippen LogP contribution in [0.3, 0.4) is 0 Å². The summed E-state index contributed by atoms with van der Waals surface area (Å²) in [5, 5.41) is 6.40. The van der Waals surface area contributed by atoms with Gasteiger partial charge in [-0.2, -0.15) is 0 Å². The number of nitrogens with one attached hydrogen (secondary N) is 2. The lowest BCUT2D eigenvalue weighted by Crippen LogP contribution is -2.26. The van der Waals surface area contributed by atoms with Gasteiger partial charge in [-0.3, -0.25) is 4.79 Å². The van der Waals surface area contributed by atoms with E-state index in [2.05, 4.69) is 17.6 Å². The molecule has 1 saturated carbocycles. The van der Waals surface area contributed by atoms with E-state index >= 15 is 0 Å². The van der Waals surface area contributed by atoms with Gasteiger partial charge in [-0.05, 0) is 55.9 Å². The molecule has 0 atom stereocenters. The van der Waals surface area contributed by atoms with E-state index in [-0.39, 0.29) is 5.91 Å². The highest BCUT2D eigenvalue weighted by atomic mass is 16.1. The summed E-state index contributed by atoms with van der Waals surface area (Å²) < 4.78 is 0. The number of carbonyl (C=O) groups excluding carboxylic acids is 1. The van der Waals surface area contributed by atoms with Gasteiger partial charge >= 0.3 is 0 Å². The van der Waals surface area contributed by atoms with Crippen LogP contribution < -0.4 is 10.6 Å². The summed E-state index contributed by atoms with van der Waals surface area (Å²) in [6.07, 6.45) is 7.96. The van der Waals surface area contributed by atoms with Crippen LogP contribution in [0.1, 0.15) is 52.4 Å². The summed E-state index contributed by atoms with van der Waals surface area (Å²) in [6.45, 7) is 3.81. The number of rotatable bonds is 5. The largest absolute Gasteiger partial charge is 0.382 e. The minimum atomic E-state index is -0.0278. The number of anilines is 2. The van der Waals surface area contributed by atoms with Crippen LogP contribution in [-0.4, -0.2) is 11.9 Å². The SMILES string of the molecule is CCCC1CCC(Nc2ccc(NC(C)=O)cc2)CC1. The van der Waals surface area contributed by atoms with Gasteiger partial charge in [-0.15, -0.1) is 0 Å². The molecule has 0 saturated heterocycles. The van der Waals surface area contributed by atoms with Crippen LogP contribution in [-0.2, 0) is 4.79 Å². The monoisotopic (exact) mass is 274 g/mol. The first-order chi connectivity index (χ1) is 9.67. The van der Waals surface area contributed by atoms with Crippen molar-refractivity contribution in [2.45, 2.75) is 58.4 Å². The van der Waals surface area contributed by atoms with Crippen molar-refractivity contribution >= 4 is 17.3 Å². The van der Waals surface area contributed by atoms with Crippen molar-refractivity contribution in [3.05, 3.63) is 24.3 Å². The van der Waals surface area contributed by atoms with Crippen molar-refractivity contribution in [3.8, 4) is 0 Å². The molecule has 3 heteroatoms. The van der Waals surface area contributed by atoms with Crippen LogP contribution in [0.25, 0.3) is 0 Å². The molecule has 1 amide bonds. The Hall–Kier alpha value is -1.51. The zero-order valence-corrected chi connectivity index (χ0v) is 12.6. The molecular formula is C17H26N2O. The predicted octanol–water partition coefficient (Wildman–Crippen LogP) is 4.42. The van der Waals surface area contributed by atoms with Gasteiger partial charge in [0, 0.05) is 24.3 Å². The molecule has 2 rings (SSSR count). The van der Waals surface area contributed by atoms with Gasteiger partial charge in [0.05, 0.1) is 0 Å². The van der Waals surface area contributed by atoms with Crippen LogP contribution in [0.5, 0.6) is 0 Å². The average molecular weight is 274 g/mol. The van der Waals surface area contributed by atoms with E-state index in [1.54, 1.807) is 0 Å². The maximum absolute atomic E-state index is 11.0. The molecule has 0 bridgehead atoms. The second-order valence-electron chi connectivity index (χ2n) is 5.91. The highest BCUT2D eigenvalue weighted by Crippen LogP contribution is 2.29. The number of amides is 1. The van der Waals surface area contributed by atoms with Crippen LogP contribution in [0, 0.1) is 5.92 Å². The molecule has 1 aromatic rings. The minimum absolute atomic E-state index is 0.0278. The van der Waals surface area contributed by atoms with Crippen molar-refractivity contribution in [1.29, 1.82) is 0 Å². The van der Waals surface area contributed by atoms with Gasteiger partial charge in [0.2, 0.25) is 5.91 Å². The van der Waals surface area contributed by atoms with E-state index in [0.29, 0.717) is 6.04 Å². The van der Waals surface area contributed by atoms with Crippen LogP contribution in [0.4, 0.5) is 11.4 Å². The standard InChI is InChI=1S/C17H26N2O/c1-3-4-14-5-7-16(8-6-14)19-17-11-9-15(10-12-17)18-13(2)20/h9-12,14,16,19H,3-8H2,1-2H3,(H,18,20). The highest BCUT2D eigenvalue weighted by Gasteiger charge is 2.20. The van der Waals surface area contributed by atoms with E-state index in [1.165, 1.54) is 45.4 Å². The van der Waals surface area contributed by atoms with Crippen molar-refractivity contribution in [1.82, 2.24) is 0 Å². The first kappa shape index (κ1) is 14.9. The summed E-state index contributed by atoms with van der Waals surface area (Å²) in [7, 11) is 0. The molecule has 1 aliphatic carbocycles. The lowest BCUT2D eigenvalue weighted by molar-refractivity contribution is -0.114. The van der Waals surface area contributed by atoms with Gasteiger partial charge in [-0.1, -0.05) is 19.8 Å². The molecule has 110 valence electrons. The predicted molar refractivity (Wildman–Crippen MR) is 85.0 cm³/mol. The molecule has 0 aromatic heterocycles. The third kappa shape index (κ3) is 4.55. The van der Waals surface area contributed by atoms with Crippen molar-refractivity contribution in [2.75, 3.05) is 10.6 Å². The number of hydrogen-bond donors (Lipinski definition) is 2. The summed E-state index contributed by atoms with van der Waals surface area (Å²) >= 11 is 0. The fourth-order valence-electron chi connectivity index (χ4n) is 3.09. The fourth-order valence-corrected chi connectivity index (χ4v) is 3.09. The third-order valence-corrected chi connectivity index (χ3v) is 4.12. The van der Waals surface area contributed by atoms with Gasteiger partial charge in [-0.25, -0.2) is 0 Å². The second kappa shape index (κ2) is 7.32. The molecule has 0 heterocycles. The molecular weight excluding hydrogens is 248 g/mol. The molecule has 1 aliphatic rings. The average Bonchev–Trinajstić information content (AvgIpc) is 2.43. The number of carbonyl (C=O) groups is 1. The quantitative estimate of drug-likeness (QED) is 0.834. The van der Waals surface area contributed by atoms with Gasteiger partial charge in [0.1, 0.15) is 0 Å². The molecule has 0 spiro atoms. The lowest BCUT2D eigenvalue weighted by Gasteiger charge is -2.29. The maximum Gasteiger partial charge on any atom is 0.221 e. The summed E-state index contributed by atoms with van der Waals surface area (Å²) in [5.74, 6) is 0.917. The topological polar surface area (TPSA) is 41.1 Å². The zero-order chi connectivity index (χ0) is 14.4. The lowest BCUT2D eigenvalue weighted by atomic mass is 9.83. The van der Waals surface area contributed by atoms with Gasteiger partial charge in [0.25, 0.3) is 0 Å². The van der Waals surface area contributed by atoms with E-state index < -0.39 is 0 Å². The van der Waals surface area contributed by atoms with Crippen molar-refractivity contribution in [2.24, 2.45) is 5.92 Å². The van der Waals surface area contributed by atoms with Crippen molar-refractivity contribution < 1.29 is 4.79 Å². The van der Waals surface area contributed by atoms with Gasteiger partial charge in [0.15, 0.2) is 0 Å². The Labute approximate surface area is 122 Å². The maximum atomic E-state index is 11.0. The molecule has 0 unspecified atom stereocenters. The van der Waals surface area contributed by atoms with E-state index in [1.807, 2.05) is 24.3 Å². The Bertz CT molecular complexity index is 419. The van der Waals surface area contributed by atoms with E-state index in [0.717, 1.165) is 17.3 Å². The molecule has 1 aromatic carbocycles. The Balaban J connectivity index is 1.80. The summed E-state index contributed by atoms with van der Waals surface area (Å²) in [6, 6.07) is 8.60. The first-order valence-electron chi connectivity index (χ1n) is 7.81. The Morgan fingerprint density at radius 2 is 1.70 bits per heavy atom. The minimum Gasteiger partial charge on any atom is -0.382 e. The van der Waals surface area contributed by atoms with Crippen LogP contribution >= 0.6 is 0 Å². The Kier molecular flexibility index (Phi) is 5.45. The molecule has 20 heavy (non-hydrogen) atoms. The van der Waals surface area contributed by atoms with Crippen LogP contribution in [0.2, 0.25) is 0 Å². The summed E-state index contributed by atoms with van der Waals surface area (Å²) in [5.41, 5.74) is 2.01. The third-order valence-electron chi connectivity index (χ3n) is 4.12. The van der Waals surface area contributed by atoms with Crippen LogP contribution in [0.15, 0.2) is 24.3 Å². The molecule has 0 radical (unpaired) electrons. The molecule has 3 nitrogen and oxygen atoms in total. The molecule has 0 aliphatic heterocycles. The first-order valence-corrected chi connectivity index (χ1v) is 7.81. The smallest absolute Gasteiger partial charge is 0.221 e. The fraction of sp³-hybridized carbons (Fsp3) is 0.588. The highest BCUT2D eigenvalue weighted by molar-refractivity contribution is 5.88. The number of hydrogen-bond acceptors (Lipinski definition) is 2. The van der Waals surface area contributed by atoms with E-state index in [4.69, 9.17) is 0 Å². The van der Waals surface area contributed by atoms with E-state index in [9.17, 15) is 4.79 Å². The van der Waals surface area contributed by atoms with Gasteiger partial charge < -0.3 is 10.6 Å². The Morgan fingerprint density at radius 1 is 1.10 bits per heavy atom. The van der Waals surface area contributed by atoms with Crippen molar-refractivity contribution in [3.63, 3.8) is 0 Å². The number of benzene rings is 1. The summed E-state index contributed by atoms with van der Waals surface area (Å²) in [4.78, 5) is 11.0. The normalized spacial score (nSPS) is 22.3. The second-order valence-corrected chi connectivity index (χ2v) is 5.91. The Morgan fingerprint density at radius 3 is 2.25 bits per heavy atom. The zero-order valence-electron chi connectivity index (χ0n) is 12.6. The molecule has 1 fully saturated rings. The molecule has 2 N–H and O–H groups in total.